The summed E-state index contributed by atoms with van der Waals surface area (Å²) >= 11 is 0. The lowest BCUT2D eigenvalue weighted by atomic mass is 9.80. The van der Waals surface area contributed by atoms with Crippen LogP contribution in [0, 0.1) is 0 Å². The summed E-state index contributed by atoms with van der Waals surface area (Å²) in [6.45, 7) is 7.60. The molecule has 13 nitrogen and oxygen atoms in total. The van der Waals surface area contributed by atoms with Crippen LogP contribution in [-0.4, -0.2) is 68.6 Å². The molecule has 0 bridgehead atoms. The Morgan fingerprint density at radius 3 is 1.27 bits per heavy atom. The van der Waals surface area contributed by atoms with Gasteiger partial charge in [0, 0.05) is 36.5 Å². The van der Waals surface area contributed by atoms with Gasteiger partial charge in [0.05, 0.1) is 48.7 Å². The molecule has 268 valence electrons. The van der Waals surface area contributed by atoms with Crippen molar-refractivity contribution < 1.29 is 63.9 Å². The fourth-order valence-corrected chi connectivity index (χ4v) is 6.74. The number of rotatable bonds is 12. The zero-order chi connectivity index (χ0) is 36.7. The van der Waals surface area contributed by atoms with Gasteiger partial charge in [-0.15, -0.1) is 0 Å². The largest absolute Gasteiger partial charge is 0.507 e. The first-order valence-electron chi connectivity index (χ1n) is 16.6. The number of ketones is 2. The van der Waals surface area contributed by atoms with Gasteiger partial charge in [0.1, 0.15) is 23.0 Å². The van der Waals surface area contributed by atoms with Crippen LogP contribution in [0.5, 0.6) is 57.5 Å². The molecule has 0 atom stereocenters. The molecule has 4 aromatic carbocycles. The number of carbonyl (C=O) groups excluding carboxylic acids is 2. The summed E-state index contributed by atoms with van der Waals surface area (Å²) < 4.78 is 28.2. The summed E-state index contributed by atoms with van der Waals surface area (Å²) in [6.07, 6.45) is -0.0180. The van der Waals surface area contributed by atoms with E-state index in [9.17, 15) is 40.2 Å². The van der Waals surface area contributed by atoms with Crippen LogP contribution in [0.1, 0.15) is 92.9 Å². The maximum atomic E-state index is 14.0. The summed E-state index contributed by atoms with van der Waals surface area (Å²) in [5.74, 6) is -6.09. The van der Waals surface area contributed by atoms with Gasteiger partial charge in [0.2, 0.25) is 23.1 Å². The SMILES string of the molecule is CCOCc1c(O)c(Oc2c(O)c(COCC)c3c(c2O)C(=O)c2c(O)cc(OCC)cc2C3)c(O)c2c1Cc1cc(OCC)cc(O)c1C2=O. The first kappa shape index (κ1) is 35.2. The van der Waals surface area contributed by atoms with Crippen molar-refractivity contribution in [1.29, 1.82) is 0 Å². The van der Waals surface area contributed by atoms with Crippen molar-refractivity contribution >= 4 is 11.6 Å². The summed E-state index contributed by atoms with van der Waals surface area (Å²) in [4.78, 5) is 28.0. The van der Waals surface area contributed by atoms with Crippen LogP contribution in [0.25, 0.3) is 0 Å². The van der Waals surface area contributed by atoms with Crippen molar-refractivity contribution in [1.82, 2.24) is 0 Å². The molecule has 0 aliphatic heterocycles. The fourth-order valence-electron chi connectivity index (χ4n) is 6.74. The molecule has 0 unspecified atom stereocenters. The molecule has 51 heavy (non-hydrogen) atoms. The number of hydrogen-bond donors (Lipinski definition) is 6. The Morgan fingerprint density at radius 1 is 0.529 bits per heavy atom. The third-order valence-corrected chi connectivity index (χ3v) is 8.95. The molecule has 0 radical (unpaired) electrons. The molecule has 4 aromatic rings. The predicted molar refractivity (Wildman–Crippen MR) is 181 cm³/mol. The number of carbonyl (C=O) groups is 2. The number of aromatic hydroxyl groups is 6. The summed E-state index contributed by atoms with van der Waals surface area (Å²) in [6, 6.07) is 5.76. The van der Waals surface area contributed by atoms with Crippen molar-refractivity contribution in [2.75, 3.05) is 26.4 Å². The van der Waals surface area contributed by atoms with E-state index in [0.29, 0.717) is 35.8 Å². The minimum Gasteiger partial charge on any atom is -0.507 e. The summed E-state index contributed by atoms with van der Waals surface area (Å²) in [7, 11) is 0. The van der Waals surface area contributed by atoms with Crippen molar-refractivity contribution in [3.05, 3.63) is 79.9 Å². The van der Waals surface area contributed by atoms with Gasteiger partial charge < -0.3 is 54.3 Å². The van der Waals surface area contributed by atoms with Crippen molar-refractivity contribution in [2.45, 2.75) is 53.8 Å². The average Bonchev–Trinajstić information content (AvgIpc) is 3.07. The van der Waals surface area contributed by atoms with Crippen molar-refractivity contribution in [3.63, 3.8) is 0 Å². The quantitative estimate of drug-likeness (QED) is 0.0887. The molecule has 0 aromatic heterocycles. The molecule has 0 saturated heterocycles. The van der Waals surface area contributed by atoms with Gasteiger partial charge in [0.15, 0.2) is 23.0 Å². The van der Waals surface area contributed by atoms with Gasteiger partial charge in [0.25, 0.3) is 0 Å². The normalized spacial score (nSPS) is 12.9. The summed E-state index contributed by atoms with van der Waals surface area (Å²) in [5, 5.41) is 68.1. The molecule has 0 saturated carbocycles. The predicted octanol–water partition coefficient (Wildman–Crippen LogP) is 5.85. The molecule has 2 aliphatic rings. The minimum atomic E-state index is -0.840. The minimum absolute atomic E-state index is 0.00898. The molecule has 6 rings (SSSR count). The van der Waals surface area contributed by atoms with Crippen molar-refractivity contribution in [3.8, 4) is 57.5 Å². The number of ether oxygens (including phenoxy) is 5. The van der Waals surface area contributed by atoms with Crippen LogP contribution in [0.15, 0.2) is 24.3 Å². The zero-order valence-electron chi connectivity index (χ0n) is 28.5. The van der Waals surface area contributed by atoms with Crippen LogP contribution in [0.2, 0.25) is 0 Å². The van der Waals surface area contributed by atoms with Gasteiger partial charge in [-0.1, -0.05) is 0 Å². The Bertz CT molecular complexity index is 1940. The third kappa shape index (κ3) is 5.87. The van der Waals surface area contributed by atoms with Crippen LogP contribution in [0.3, 0.4) is 0 Å². The van der Waals surface area contributed by atoms with E-state index < -0.39 is 46.1 Å². The highest BCUT2D eigenvalue weighted by Gasteiger charge is 2.39. The maximum absolute atomic E-state index is 14.0. The Balaban J connectivity index is 1.54. The standard InChI is InChI=1S/C38H38O13/c1-5-47-15-23-21-11-17-9-19(49-7-3)13-25(39)27(17)33(43)29(21)35(45)37(31(23)41)51-38-32(42)24(16-48-6-2)22-12-18-10-20(50-8-4)14-26(40)28(18)34(44)30(22)36(38)46/h9-10,13-14,39-42,45-46H,5-8,11-12,15-16H2,1-4H3. The van der Waals surface area contributed by atoms with E-state index in [4.69, 9.17) is 23.7 Å². The van der Waals surface area contributed by atoms with E-state index >= 15 is 0 Å². The summed E-state index contributed by atoms with van der Waals surface area (Å²) in [5.41, 5.74) is 0.585. The average molecular weight is 703 g/mol. The van der Waals surface area contributed by atoms with Gasteiger partial charge in [-0.05, 0) is 74.9 Å². The van der Waals surface area contributed by atoms with Crippen LogP contribution in [-0.2, 0) is 35.5 Å². The Labute approximate surface area is 292 Å². The molecule has 0 heterocycles. The molecule has 0 fully saturated rings. The molecule has 2 aliphatic carbocycles. The number of hydrogen-bond acceptors (Lipinski definition) is 13. The van der Waals surface area contributed by atoms with Gasteiger partial charge in [-0.2, -0.15) is 0 Å². The van der Waals surface area contributed by atoms with Crippen LogP contribution >= 0.6 is 0 Å². The van der Waals surface area contributed by atoms with E-state index in [2.05, 4.69) is 0 Å². The zero-order valence-corrected chi connectivity index (χ0v) is 28.5. The first-order valence-corrected chi connectivity index (χ1v) is 16.6. The smallest absolute Gasteiger partial charge is 0.212 e. The highest BCUT2D eigenvalue weighted by Crippen LogP contribution is 2.55. The number of benzene rings is 4. The Hall–Kier alpha value is -5.66. The lowest BCUT2D eigenvalue weighted by molar-refractivity contribution is 0.101. The Kier molecular flexibility index (Phi) is 9.60. The third-order valence-electron chi connectivity index (χ3n) is 8.95. The lowest BCUT2D eigenvalue weighted by Gasteiger charge is -2.28. The van der Waals surface area contributed by atoms with Crippen LogP contribution < -0.4 is 14.2 Å². The molecular formula is C38H38O13. The molecule has 6 N–H and O–H groups in total. The molecule has 13 heteroatoms. The van der Waals surface area contributed by atoms with E-state index in [1.165, 1.54) is 12.1 Å². The second-order valence-electron chi connectivity index (χ2n) is 11.9. The van der Waals surface area contributed by atoms with Gasteiger partial charge in [-0.3, -0.25) is 9.59 Å². The number of fused-ring (bicyclic) bond motifs is 4. The fraction of sp³-hybridized carbons (Fsp3) is 0.316. The van der Waals surface area contributed by atoms with Crippen molar-refractivity contribution in [2.24, 2.45) is 0 Å². The van der Waals surface area contributed by atoms with Crippen LogP contribution in [0.4, 0.5) is 0 Å². The highest BCUT2D eigenvalue weighted by molar-refractivity contribution is 6.17. The number of phenols is 6. The lowest BCUT2D eigenvalue weighted by Crippen LogP contribution is -2.19. The molecule has 0 amide bonds. The topological polar surface area (TPSA) is 202 Å². The second kappa shape index (κ2) is 13.9. The van der Waals surface area contributed by atoms with E-state index in [0.717, 1.165) is 0 Å². The molecule has 0 spiro atoms. The van der Waals surface area contributed by atoms with E-state index in [-0.39, 0.29) is 95.3 Å². The first-order chi connectivity index (χ1) is 24.5. The Morgan fingerprint density at radius 2 is 0.922 bits per heavy atom. The number of phenolic OH excluding ortho intramolecular Hbond substituents is 6. The highest BCUT2D eigenvalue weighted by atomic mass is 16.5. The monoisotopic (exact) mass is 702 g/mol. The van der Waals surface area contributed by atoms with Gasteiger partial charge >= 0.3 is 0 Å². The second-order valence-corrected chi connectivity index (χ2v) is 11.9. The van der Waals surface area contributed by atoms with Gasteiger partial charge in [-0.25, -0.2) is 0 Å². The van der Waals surface area contributed by atoms with E-state index in [1.54, 1.807) is 39.8 Å². The van der Waals surface area contributed by atoms with E-state index in [1.807, 2.05) is 0 Å². The maximum Gasteiger partial charge on any atom is 0.212 e. The molecular weight excluding hydrogens is 664 g/mol.